The van der Waals surface area contributed by atoms with E-state index in [1.54, 1.807) is 0 Å². The fraction of sp³-hybridized carbons (Fsp3) is 0. The Hall–Kier alpha value is 2.23. The molecule has 3 radical (unpaired) electrons. The zero-order valence-electron chi connectivity index (χ0n) is 2.06. The third kappa shape index (κ3) is 8.87. The molecule has 33 valence electrons. The summed E-state index contributed by atoms with van der Waals surface area (Å²) in [4.78, 5) is 0. The first kappa shape index (κ1) is 34.3. The summed E-state index contributed by atoms with van der Waals surface area (Å²) in [5.74, 6) is 0. The summed E-state index contributed by atoms with van der Waals surface area (Å²) in [6, 6.07) is 0. The summed E-state index contributed by atoms with van der Waals surface area (Å²) < 4.78 is 0. The van der Waals surface area contributed by atoms with Gasteiger partial charge in [0.1, 0.15) is 0 Å². The molecule has 0 aliphatic rings. The summed E-state index contributed by atoms with van der Waals surface area (Å²) in [5.41, 5.74) is 0. The van der Waals surface area contributed by atoms with Crippen LogP contribution in [0.25, 0.3) is 0 Å². The van der Waals surface area contributed by atoms with Crippen LogP contribution in [0.2, 0.25) is 0 Å². The Morgan fingerprint density at radius 3 is 1.00 bits per heavy atom. The van der Waals surface area contributed by atoms with Crippen molar-refractivity contribution in [3.63, 3.8) is 0 Å². The molecule has 0 N–H and O–H groups in total. The maximum absolute atomic E-state index is 0. The van der Waals surface area contributed by atoms with Crippen molar-refractivity contribution in [2.75, 3.05) is 0 Å². The Kier molecular flexibility index (Phi) is 161. The van der Waals surface area contributed by atoms with E-state index in [4.69, 9.17) is 0 Å². The molecule has 0 aliphatic heterocycles. The molecule has 0 fully saturated rings. The van der Waals surface area contributed by atoms with Crippen molar-refractivity contribution in [2.24, 2.45) is 0 Å². The number of rotatable bonds is 0. The Balaban J connectivity index is 0. The molecule has 0 aromatic rings. The molecule has 1 unspecified atom stereocenters. The zero-order chi connectivity index (χ0) is 0. The average Bonchev–Trinajstić information content (AvgIpc) is 0. The second-order valence-electron chi connectivity index (χ2n) is 0. The van der Waals surface area contributed by atoms with Gasteiger partial charge in [-0.15, -0.1) is 0 Å². The van der Waals surface area contributed by atoms with Crippen molar-refractivity contribution < 1.29 is 33.3 Å². The van der Waals surface area contributed by atoms with Crippen LogP contribution in [-0.4, -0.2) is 23.9 Å². The third-order valence-electron chi connectivity index (χ3n) is 0. The van der Waals surface area contributed by atoms with Gasteiger partial charge in [-0.2, -0.15) is 9.90 Å². The number of hydrogen-bond acceptors (Lipinski definition) is 0. The van der Waals surface area contributed by atoms with Crippen LogP contribution in [0.1, 0.15) is 0 Å². The van der Waals surface area contributed by atoms with Gasteiger partial charge < -0.3 is 0 Å². The molecule has 0 aliphatic carbocycles. The van der Waals surface area contributed by atoms with Crippen molar-refractivity contribution in [3.8, 4) is 0 Å². The van der Waals surface area contributed by atoms with E-state index in [0.29, 0.717) is 0 Å². The van der Waals surface area contributed by atoms with Crippen LogP contribution in [0, 0.1) is 0 Å². The van der Waals surface area contributed by atoms with Crippen LogP contribution in [-0.2, 0) is 33.3 Å². The van der Waals surface area contributed by atoms with Gasteiger partial charge in [-0.3, -0.25) is 0 Å². The van der Waals surface area contributed by atoms with E-state index in [1.807, 2.05) is 0 Å². The topological polar surface area (TPSA) is 0 Å². The summed E-state index contributed by atoms with van der Waals surface area (Å²) >= 11 is 0. The second kappa shape index (κ2) is 18.8. The summed E-state index contributed by atoms with van der Waals surface area (Å²) in [7, 11) is 0. The molecule has 0 bridgehead atoms. The van der Waals surface area contributed by atoms with Crippen LogP contribution < -0.4 is 0 Å². The molecular formula is H5CoNiPSn. The van der Waals surface area contributed by atoms with Gasteiger partial charge in [0.2, 0.25) is 0 Å². The Morgan fingerprint density at radius 1 is 1.00 bits per heavy atom. The Bertz CT molecular complexity index is 8.00. The van der Waals surface area contributed by atoms with Gasteiger partial charge >= 0.3 is 23.9 Å². The molecule has 0 aromatic carbocycles. The molecule has 4 heteroatoms. The Morgan fingerprint density at radius 2 is 1.00 bits per heavy atom. The Labute approximate surface area is 66.6 Å². The molecule has 0 nitrogen and oxygen atoms in total. The summed E-state index contributed by atoms with van der Waals surface area (Å²) in [5, 5.41) is 0. The van der Waals surface area contributed by atoms with E-state index in [-0.39, 0.29) is 67.1 Å². The van der Waals surface area contributed by atoms with E-state index >= 15 is 0 Å². The van der Waals surface area contributed by atoms with Gasteiger partial charge in [0.05, 0.1) is 0 Å². The minimum atomic E-state index is 0. The van der Waals surface area contributed by atoms with Crippen LogP contribution in [0.5, 0.6) is 0 Å². The zero-order valence-corrected chi connectivity index (χ0v) is 9.54. The van der Waals surface area contributed by atoms with Gasteiger partial charge in [-0.05, 0) is 0 Å². The van der Waals surface area contributed by atoms with Gasteiger partial charge in [0.15, 0.2) is 0 Å². The van der Waals surface area contributed by atoms with Crippen molar-refractivity contribution in [2.45, 2.75) is 0 Å². The van der Waals surface area contributed by atoms with Crippen molar-refractivity contribution in [1.29, 1.82) is 0 Å². The predicted molar refractivity (Wildman–Crippen MR) is 19.6 cm³/mol. The molecule has 0 saturated heterocycles. The SMILES string of the molecule is P.[Co].[Ni].[SnH2]. The van der Waals surface area contributed by atoms with E-state index in [9.17, 15) is 0 Å². The average molecular weight is 272 g/mol. The molecule has 0 spiro atoms. The molecule has 0 aromatic heterocycles. The fourth-order valence-corrected chi connectivity index (χ4v) is 0. The monoisotopic (exact) mass is 273 g/mol. The van der Waals surface area contributed by atoms with Crippen LogP contribution in [0.4, 0.5) is 0 Å². The standard InChI is InChI=1S/Co.Ni.H3P.Sn.2H/h;;1H3;;;. The quantitative estimate of drug-likeness (QED) is 0.397. The van der Waals surface area contributed by atoms with Crippen molar-refractivity contribution in [1.82, 2.24) is 0 Å². The molecule has 1 atom stereocenters. The first-order chi connectivity index (χ1) is 0. The van der Waals surface area contributed by atoms with E-state index in [0.717, 1.165) is 0 Å². The van der Waals surface area contributed by atoms with Gasteiger partial charge in [0.25, 0.3) is 0 Å². The maximum atomic E-state index is 0. The summed E-state index contributed by atoms with van der Waals surface area (Å²) in [6.45, 7) is 0. The fourth-order valence-electron chi connectivity index (χ4n) is 0. The van der Waals surface area contributed by atoms with Crippen LogP contribution >= 0.6 is 9.90 Å². The van der Waals surface area contributed by atoms with Gasteiger partial charge in [-0.25, -0.2) is 0 Å². The van der Waals surface area contributed by atoms with Gasteiger partial charge in [-0.1, -0.05) is 0 Å². The summed E-state index contributed by atoms with van der Waals surface area (Å²) in [6.07, 6.45) is 0. The number of hydrogen-bond donors (Lipinski definition) is 0. The van der Waals surface area contributed by atoms with E-state index in [1.165, 1.54) is 0 Å². The first-order valence-corrected chi connectivity index (χ1v) is 0. The van der Waals surface area contributed by atoms with E-state index < -0.39 is 0 Å². The second-order valence-corrected chi connectivity index (χ2v) is 0. The normalized spacial score (nSPS) is 0. The molecule has 0 amide bonds. The predicted octanol–water partition coefficient (Wildman–Crippen LogP) is -0.863. The minimum absolute atomic E-state index is 0. The van der Waals surface area contributed by atoms with E-state index in [2.05, 4.69) is 0 Å². The van der Waals surface area contributed by atoms with Crippen LogP contribution in [0.15, 0.2) is 0 Å². The molecule has 0 rings (SSSR count). The molecule has 0 saturated carbocycles. The molecular weight excluding hydrogens is 267 g/mol. The van der Waals surface area contributed by atoms with Crippen LogP contribution in [0.3, 0.4) is 0 Å². The first-order valence-electron chi connectivity index (χ1n) is 0. The van der Waals surface area contributed by atoms with Gasteiger partial charge in [0, 0.05) is 33.3 Å². The van der Waals surface area contributed by atoms with Crippen molar-refractivity contribution in [3.05, 3.63) is 0 Å². The molecule has 0 heterocycles. The third-order valence-corrected chi connectivity index (χ3v) is 0. The van der Waals surface area contributed by atoms with Crippen molar-refractivity contribution >= 4 is 33.8 Å². The molecule has 4 heavy (non-hydrogen) atoms.